The van der Waals surface area contributed by atoms with Crippen LogP contribution in [0.4, 0.5) is 28.9 Å². The Labute approximate surface area is 550 Å². The SMILES string of the molecule is C[C@@H]1CO[C@@](O)(c2cc(F)cc(F)c2)[C@H](C)C1COC(=O)c1cc(S(N)(=O)=O)c(Cl)cc1NCc1ccco1.C[C@@H]1CO[C@@](O)(c2cc(F)cc(F)c2)[C@H](C)N1.NS(=O)(=O)c1cc(C(=O)O)c(NCc2ccco2)cc1Cl.O=C(Cl)C1=CC=C1.O=C(OCCl)C1=CC=C1. The van der Waals surface area contributed by atoms with Crippen LogP contribution in [0.15, 0.2) is 164 Å². The fourth-order valence-corrected chi connectivity index (χ4v) is 11.6. The van der Waals surface area contributed by atoms with E-state index in [1.165, 1.54) is 24.7 Å². The number of sulfonamides is 2. The fraction of sp³-hybridized carbons (Fsp3) is 0.279. The van der Waals surface area contributed by atoms with Gasteiger partial charge in [-0.2, -0.15) is 0 Å². The van der Waals surface area contributed by atoms with Gasteiger partial charge in [0.1, 0.15) is 44.6 Å². The number of halogens is 8. The van der Waals surface area contributed by atoms with Crippen molar-refractivity contribution in [1.82, 2.24) is 5.32 Å². The number of furan rings is 2. The molecular weight excluding hydrogens is 1360 g/mol. The van der Waals surface area contributed by atoms with Gasteiger partial charge < -0.3 is 59.1 Å². The maximum absolute atomic E-state index is 13.9. The average molecular weight is 1420 g/mol. The summed E-state index contributed by atoms with van der Waals surface area (Å²) in [5, 5.41) is 49.2. The van der Waals surface area contributed by atoms with Crippen molar-refractivity contribution in [2.45, 2.75) is 74.2 Å². The molecule has 0 radical (unpaired) electrons. The second-order valence-corrected chi connectivity index (χ2v) is 25.3. The molecule has 2 fully saturated rings. The Balaban J connectivity index is 0.000000211. The number of carbonyl (C=O) groups excluding carboxylic acids is 3. The molecule has 0 bridgehead atoms. The van der Waals surface area contributed by atoms with Crippen molar-refractivity contribution >= 4 is 101 Å². The summed E-state index contributed by atoms with van der Waals surface area (Å²) >= 11 is 22.1. The number of nitrogens with two attached hydrogens (primary N) is 2. The average Bonchev–Trinajstić information content (AvgIpc) is 1.63. The zero-order valence-corrected chi connectivity index (χ0v) is 54.0. The molecule has 22 nitrogen and oxygen atoms in total. The number of hydrogen-bond acceptors (Lipinski definition) is 19. The number of nitrogens with one attached hydrogen (secondary N) is 3. The Morgan fingerprint density at radius 3 is 1.51 bits per heavy atom. The first kappa shape index (κ1) is 74.6. The Kier molecular flexibility index (Phi) is 26.2. The predicted octanol–water partition coefficient (Wildman–Crippen LogP) is 10.3. The fourth-order valence-electron chi connectivity index (χ4n) is 9.18. The van der Waals surface area contributed by atoms with Crippen molar-refractivity contribution < 1.29 is 96.7 Å². The highest BCUT2D eigenvalue weighted by atomic mass is 35.5. The summed E-state index contributed by atoms with van der Waals surface area (Å²) in [6.07, 6.45) is 13.2. The summed E-state index contributed by atoms with van der Waals surface area (Å²) in [7, 11) is -8.37. The molecule has 10 N–H and O–H groups in total. The molecule has 0 amide bonds. The van der Waals surface area contributed by atoms with Gasteiger partial charge in [0.2, 0.25) is 25.8 Å². The lowest BCUT2D eigenvalue weighted by Crippen LogP contribution is -2.58. The van der Waals surface area contributed by atoms with E-state index in [4.69, 9.17) is 84.8 Å². The molecule has 2 saturated heterocycles. The lowest BCUT2D eigenvalue weighted by molar-refractivity contribution is -0.292. The number of alkyl halides is 1. The first-order chi connectivity index (χ1) is 43.6. The summed E-state index contributed by atoms with van der Waals surface area (Å²) in [5.41, 5.74) is 1.10. The van der Waals surface area contributed by atoms with Crippen LogP contribution >= 0.6 is 46.4 Å². The van der Waals surface area contributed by atoms with Crippen LogP contribution in [0, 0.1) is 41.0 Å². The van der Waals surface area contributed by atoms with Crippen LogP contribution in [0.1, 0.15) is 71.1 Å². The molecule has 2 aliphatic carbocycles. The molecule has 7 atom stereocenters. The molecule has 4 aliphatic rings. The van der Waals surface area contributed by atoms with E-state index in [-0.39, 0.29) is 106 Å². The highest BCUT2D eigenvalue weighted by Gasteiger charge is 2.48. The van der Waals surface area contributed by atoms with Gasteiger partial charge in [0.15, 0.2) is 11.9 Å². The molecule has 93 heavy (non-hydrogen) atoms. The van der Waals surface area contributed by atoms with Crippen molar-refractivity contribution in [1.29, 1.82) is 0 Å². The largest absolute Gasteiger partial charge is 0.478 e. The second kappa shape index (κ2) is 32.6. The van der Waals surface area contributed by atoms with E-state index in [2.05, 4.69) is 20.7 Å². The number of carboxylic acid groups (broad SMARTS) is 1. The third kappa shape index (κ3) is 20.3. The number of ether oxygens (including phenoxy) is 4. The Morgan fingerprint density at radius 2 is 1.12 bits per heavy atom. The number of morpholine rings is 1. The number of benzene rings is 4. The zero-order valence-electron chi connectivity index (χ0n) is 49.4. The molecule has 1 unspecified atom stereocenters. The highest BCUT2D eigenvalue weighted by molar-refractivity contribution is 7.89. The Morgan fingerprint density at radius 1 is 0.667 bits per heavy atom. The molecule has 0 saturated carbocycles. The van der Waals surface area contributed by atoms with Crippen molar-refractivity contribution in [2.24, 2.45) is 28.0 Å². The van der Waals surface area contributed by atoms with Crippen molar-refractivity contribution in [3.05, 3.63) is 212 Å². The van der Waals surface area contributed by atoms with Crippen molar-refractivity contribution in [3.63, 3.8) is 0 Å². The maximum Gasteiger partial charge on any atom is 0.340 e. The molecule has 2 aromatic heterocycles. The summed E-state index contributed by atoms with van der Waals surface area (Å²) in [4.78, 5) is 44.2. The first-order valence-electron chi connectivity index (χ1n) is 27.4. The van der Waals surface area contributed by atoms with E-state index < -0.39 is 94.5 Å². The summed E-state index contributed by atoms with van der Waals surface area (Å²) in [5.74, 6) is -9.84. The van der Waals surface area contributed by atoms with E-state index in [9.17, 15) is 63.8 Å². The van der Waals surface area contributed by atoms with Crippen LogP contribution in [-0.2, 0) is 73.2 Å². The van der Waals surface area contributed by atoms with Crippen LogP contribution in [0.5, 0.6) is 0 Å². The van der Waals surface area contributed by atoms with Crippen molar-refractivity contribution in [2.75, 3.05) is 36.5 Å². The zero-order chi connectivity index (χ0) is 68.8. The second-order valence-electron chi connectivity index (χ2n) is 20.8. The normalized spacial score (nSPS) is 21.1. The lowest BCUT2D eigenvalue weighted by Gasteiger charge is -2.45. The van der Waals surface area contributed by atoms with E-state index in [1.54, 1.807) is 74.6 Å². The minimum Gasteiger partial charge on any atom is -0.478 e. The van der Waals surface area contributed by atoms with Gasteiger partial charge in [-0.05, 0) is 116 Å². The van der Waals surface area contributed by atoms with Gasteiger partial charge in [0, 0.05) is 46.7 Å². The van der Waals surface area contributed by atoms with Gasteiger partial charge in [0.25, 0.3) is 5.24 Å². The number of allylic oxidation sites excluding steroid dienone is 6. The molecule has 6 aromatic rings. The standard InChI is InChI=1S/C26H27ClF2N2O7S.C12H11ClN2O5S.C12H15F2NO2.C6H5ClO2.C5H3ClO/c1-14-12-38-26(33,16-6-17(28)8-18(29)7-16)15(2)21(14)13-37-25(32)20-9-24(39(30,34)35)22(27)10-23(20)31-11-19-4-3-5-36-19;13-9-5-10(15-6-7-2-1-3-20-7)8(12(16)17)4-11(9)21(14,18)19;1-7-6-17-12(16,8(2)15-7)9-3-10(13)5-11(14)4-9;7-4-9-6(8)5-2-1-3-5;6-5(7)4-2-1-3-4/h3-10,14-15,21,31,33H,11-13H2,1-2H3,(H2,30,34,35);1-5,15H,6H2,(H,16,17)(H2,14,18,19);3-5,7-8,15-16H,6H2,1-2H3;1-3H,4H2;1-3H/t14-,15-,21?,26-;;7-,8+,12-;;/m1.1../s1. The number of aliphatic hydroxyl groups is 2. The molecule has 4 aromatic carbocycles. The smallest absolute Gasteiger partial charge is 0.340 e. The van der Waals surface area contributed by atoms with E-state index in [1.807, 2.05) is 13.8 Å². The predicted molar refractivity (Wildman–Crippen MR) is 333 cm³/mol. The number of anilines is 2. The van der Waals surface area contributed by atoms with Crippen LogP contribution in [0.25, 0.3) is 0 Å². The third-order valence-corrected chi connectivity index (χ3v) is 17.3. The summed E-state index contributed by atoms with van der Waals surface area (Å²) in [6, 6.07) is 16.3. The maximum atomic E-state index is 13.9. The summed E-state index contributed by atoms with van der Waals surface area (Å²) < 4.78 is 132. The van der Waals surface area contributed by atoms with Crippen LogP contribution in [0.3, 0.4) is 0 Å². The number of hydrogen-bond donors (Lipinski definition) is 8. The van der Waals surface area contributed by atoms with Gasteiger partial charge in [-0.15, -0.1) is 0 Å². The molecule has 4 heterocycles. The van der Waals surface area contributed by atoms with Crippen LogP contribution in [0.2, 0.25) is 10.0 Å². The Hall–Kier alpha value is -7.42. The van der Waals surface area contributed by atoms with Crippen molar-refractivity contribution in [3.8, 4) is 0 Å². The number of carbonyl (C=O) groups is 4. The molecule has 10 rings (SSSR count). The highest BCUT2D eigenvalue weighted by Crippen LogP contribution is 2.44. The first-order valence-corrected chi connectivity index (χ1v) is 32.2. The molecule has 500 valence electrons. The van der Waals surface area contributed by atoms with Gasteiger partial charge in [0.05, 0.1) is 89.6 Å². The molecule has 0 spiro atoms. The number of primary sulfonamides is 2. The molecule has 32 heteroatoms. The quantitative estimate of drug-likeness (QED) is 0.0182. The molecule has 2 aliphatic heterocycles. The van der Waals surface area contributed by atoms with Gasteiger partial charge in [-0.1, -0.05) is 73.0 Å². The number of esters is 2. The van der Waals surface area contributed by atoms with Gasteiger partial charge in [-0.3, -0.25) is 4.79 Å². The topological polar surface area (TPSA) is 349 Å². The van der Waals surface area contributed by atoms with Gasteiger partial charge >= 0.3 is 17.9 Å². The monoisotopic (exact) mass is 1420 g/mol. The van der Waals surface area contributed by atoms with Crippen LogP contribution < -0.4 is 26.2 Å². The number of carboxylic acids is 1. The summed E-state index contributed by atoms with van der Waals surface area (Å²) in [6.45, 7) is 7.51. The van der Waals surface area contributed by atoms with E-state index in [0.717, 1.165) is 42.5 Å². The van der Waals surface area contributed by atoms with Gasteiger partial charge in [-0.25, -0.2) is 59.1 Å². The van der Waals surface area contributed by atoms with Crippen LogP contribution in [-0.4, -0.2) is 93.3 Å². The minimum absolute atomic E-state index is 0.0215. The molecular formula is C61H61Cl4F4N5O17S2. The van der Waals surface area contributed by atoms with E-state index in [0.29, 0.717) is 28.7 Å². The lowest BCUT2D eigenvalue weighted by atomic mass is 9.75. The van der Waals surface area contributed by atoms with E-state index >= 15 is 0 Å². The Bertz CT molecular complexity index is 4010. The number of rotatable bonds is 17. The number of aromatic carboxylic acids is 1. The minimum atomic E-state index is -4.27. The third-order valence-electron chi connectivity index (χ3n) is 14.2.